The maximum atomic E-state index is 12.2. The molecule has 0 bridgehead atoms. The third-order valence-corrected chi connectivity index (χ3v) is 4.36. The molecule has 0 amide bonds. The number of benzene rings is 1. The third-order valence-electron chi connectivity index (χ3n) is 3.62. The highest BCUT2D eigenvalue weighted by molar-refractivity contribution is 7.07. The van der Waals surface area contributed by atoms with Crippen LogP contribution in [0.15, 0.2) is 59.3 Å². The topological polar surface area (TPSA) is 48.4 Å². The van der Waals surface area contributed by atoms with Crippen molar-refractivity contribution in [2.75, 3.05) is 13.2 Å². The van der Waals surface area contributed by atoms with E-state index in [0.29, 0.717) is 25.3 Å². The second-order valence-corrected chi connectivity index (χ2v) is 6.16. The molecule has 3 rings (SSSR count). The number of esters is 1. The van der Waals surface area contributed by atoms with Crippen molar-refractivity contribution in [3.05, 3.63) is 70.5 Å². The van der Waals surface area contributed by atoms with Gasteiger partial charge in [0.05, 0.1) is 18.9 Å². The molecule has 0 spiro atoms. The number of thiophene rings is 1. The van der Waals surface area contributed by atoms with Gasteiger partial charge in [-0.15, -0.1) is 0 Å². The number of rotatable bonds is 7. The molecule has 5 heteroatoms. The van der Waals surface area contributed by atoms with Gasteiger partial charge in [0.2, 0.25) is 0 Å². The van der Waals surface area contributed by atoms with Crippen molar-refractivity contribution >= 4 is 17.3 Å². The first-order chi connectivity index (χ1) is 12.3. The lowest BCUT2D eigenvalue weighted by molar-refractivity contribution is 0.0502. The minimum absolute atomic E-state index is 0.316. The Balaban J connectivity index is 1.64. The van der Waals surface area contributed by atoms with E-state index >= 15 is 0 Å². The van der Waals surface area contributed by atoms with Crippen molar-refractivity contribution in [1.82, 2.24) is 4.98 Å². The van der Waals surface area contributed by atoms with Gasteiger partial charge in [-0.2, -0.15) is 11.3 Å². The number of carbonyl (C=O) groups excluding carboxylic acids is 1. The number of nitrogens with zero attached hydrogens (tertiary/aromatic N) is 1. The SMILES string of the molecule is CCOc1ccc(-c2cccc(C(=O)OCCc3ccsc3)n2)cc1. The molecule has 2 aromatic heterocycles. The quantitative estimate of drug-likeness (QED) is 0.582. The number of pyridine rings is 1. The van der Waals surface area contributed by atoms with Crippen LogP contribution in [0.5, 0.6) is 5.75 Å². The lowest BCUT2D eigenvalue weighted by atomic mass is 10.1. The van der Waals surface area contributed by atoms with Crippen LogP contribution in [0.3, 0.4) is 0 Å². The van der Waals surface area contributed by atoms with Crippen LogP contribution in [0.1, 0.15) is 23.0 Å². The Morgan fingerprint density at radius 2 is 1.96 bits per heavy atom. The van der Waals surface area contributed by atoms with Gasteiger partial charge >= 0.3 is 5.97 Å². The zero-order valence-corrected chi connectivity index (χ0v) is 14.8. The Morgan fingerprint density at radius 3 is 2.68 bits per heavy atom. The molecule has 0 saturated heterocycles. The van der Waals surface area contributed by atoms with Crippen molar-refractivity contribution < 1.29 is 14.3 Å². The fourth-order valence-corrected chi connectivity index (χ4v) is 3.07. The van der Waals surface area contributed by atoms with Crippen LogP contribution in [0.4, 0.5) is 0 Å². The second-order valence-electron chi connectivity index (χ2n) is 5.38. The van der Waals surface area contributed by atoms with Gasteiger partial charge in [0.1, 0.15) is 11.4 Å². The van der Waals surface area contributed by atoms with E-state index in [1.165, 1.54) is 5.56 Å². The van der Waals surface area contributed by atoms with Crippen LogP contribution in [0, 0.1) is 0 Å². The Labute approximate surface area is 151 Å². The van der Waals surface area contributed by atoms with Gasteiger partial charge in [0.25, 0.3) is 0 Å². The zero-order chi connectivity index (χ0) is 17.5. The monoisotopic (exact) mass is 353 g/mol. The fraction of sp³-hybridized carbons (Fsp3) is 0.200. The molecular weight excluding hydrogens is 334 g/mol. The first-order valence-electron chi connectivity index (χ1n) is 8.15. The van der Waals surface area contributed by atoms with Crippen molar-refractivity contribution in [3.8, 4) is 17.0 Å². The predicted octanol–water partition coefficient (Wildman–Crippen LogP) is 4.61. The van der Waals surface area contributed by atoms with E-state index in [1.807, 2.05) is 54.8 Å². The van der Waals surface area contributed by atoms with Gasteiger partial charge < -0.3 is 9.47 Å². The number of hydrogen-bond acceptors (Lipinski definition) is 5. The summed E-state index contributed by atoms with van der Waals surface area (Å²) < 4.78 is 10.8. The Bertz CT molecular complexity index is 813. The van der Waals surface area contributed by atoms with Crippen molar-refractivity contribution in [2.24, 2.45) is 0 Å². The molecule has 0 radical (unpaired) electrons. The standard InChI is InChI=1S/C20H19NO3S/c1-2-23-17-8-6-16(7-9-17)18-4-3-5-19(21-18)20(22)24-12-10-15-11-13-25-14-15/h3-9,11,13-14H,2,10,12H2,1H3. The number of ether oxygens (including phenoxy) is 2. The molecule has 0 N–H and O–H groups in total. The molecule has 3 aromatic rings. The van der Waals surface area contributed by atoms with Crippen LogP contribution >= 0.6 is 11.3 Å². The van der Waals surface area contributed by atoms with E-state index in [0.717, 1.165) is 17.0 Å². The van der Waals surface area contributed by atoms with Crippen LogP contribution < -0.4 is 4.74 Å². The minimum atomic E-state index is -0.400. The first kappa shape index (κ1) is 17.2. The molecule has 0 aliphatic heterocycles. The van der Waals surface area contributed by atoms with Crippen molar-refractivity contribution in [3.63, 3.8) is 0 Å². The highest BCUT2D eigenvalue weighted by atomic mass is 32.1. The largest absolute Gasteiger partial charge is 0.494 e. The molecule has 128 valence electrons. The van der Waals surface area contributed by atoms with Gasteiger partial charge in [-0.25, -0.2) is 9.78 Å². The van der Waals surface area contributed by atoms with Gasteiger partial charge in [0.15, 0.2) is 0 Å². The van der Waals surface area contributed by atoms with Crippen LogP contribution in [-0.4, -0.2) is 24.2 Å². The second kappa shape index (κ2) is 8.44. The smallest absolute Gasteiger partial charge is 0.356 e. The molecule has 0 aliphatic rings. The number of aromatic nitrogens is 1. The molecule has 4 nitrogen and oxygen atoms in total. The Hall–Kier alpha value is -2.66. The summed E-state index contributed by atoms with van der Waals surface area (Å²) in [7, 11) is 0. The number of hydrogen-bond donors (Lipinski definition) is 0. The van der Waals surface area contributed by atoms with Crippen LogP contribution in [0.2, 0.25) is 0 Å². The van der Waals surface area contributed by atoms with Crippen LogP contribution in [-0.2, 0) is 11.2 Å². The summed E-state index contributed by atoms with van der Waals surface area (Å²) in [5, 5.41) is 4.07. The van der Waals surface area contributed by atoms with E-state index in [-0.39, 0.29) is 0 Å². The average molecular weight is 353 g/mol. The average Bonchev–Trinajstić information content (AvgIpc) is 3.16. The lowest BCUT2D eigenvalue weighted by Gasteiger charge is -2.07. The molecule has 0 aliphatic carbocycles. The van der Waals surface area contributed by atoms with E-state index in [2.05, 4.69) is 10.4 Å². The summed E-state index contributed by atoms with van der Waals surface area (Å²) in [4.78, 5) is 16.6. The molecule has 25 heavy (non-hydrogen) atoms. The maximum Gasteiger partial charge on any atom is 0.356 e. The third kappa shape index (κ3) is 4.67. The lowest BCUT2D eigenvalue weighted by Crippen LogP contribution is -2.10. The van der Waals surface area contributed by atoms with Crippen molar-refractivity contribution in [1.29, 1.82) is 0 Å². The normalized spacial score (nSPS) is 10.4. The summed E-state index contributed by atoms with van der Waals surface area (Å²) in [5.41, 5.74) is 3.15. The first-order valence-corrected chi connectivity index (χ1v) is 9.09. The molecule has 0 fully saturated rings. The summed E-state index contributed by atoms with van der Waals surface area (Å²) in [6.07, 6.45) is 0.716. The summed E-state index contributed by atoms with van der Waals surface area (Å²) in [5.74, 6) is 0.415. The molecule has 2 heterocycles. The maximum absolute atomic E-state index is 12.2. The van der Waals surface area contributed by atoms with E-state index in [4.69, 9.17) is 9.47 Å². The number of carbonyl (C=O) groups is 1. The zero-order valence-electron chi connectivity index (χ0n) is 14.0. The Kier molecular flexibility index (Phi) is 5.80. The predicted molar refractivity (Wildman–Crippen MR) is 99.1 cm³/mol. The van der Waals surface area contributed by atoms with Crippen LogP contribution in [0.25, 0.3) is 11.3 Å². The highest BCUT2D eigenvalue weighted by Crippen LogP contribution is 2.21. The molecule has 1 aromatic carbocycles. The van der Waals surface area contributed by atoms with E-state index < -0.39 is 5.97 Å². The summed E-state index contributed by atoms with van der Waals surface area (Å²) in [6, 6.07) is 15.0. The minimum Gasteiger partial charge on any atom is -0.494 e. The summed E-state index contributed by atoms with van der Waals surface area (Å²) >= 11 is 1.64. The highest BCUT2D eigenvalue weighted by Gasteiger charge is 2.10. The fourth-order valence-electron chi connectivity index (χ4n) is 2.37. The van der Waals surface area contributed by atoms with Gasteiger partial charge in [-0.1, -0.05) is 6.07 Å². The van der Waals surface area contributed by atoms with Gasteiger partial charge in [0, 0.05) is 12.0 Å². The molecular formula is C20H19NO3S. The van der Waals surface area contributed by atoms with Gasteiger partial charge in [-0.3, -0.25) is 0 Å². The molecule has 0 atom stereocenters. The Morgan fingerprint density at radius 1 is 1.12 bits per heavy atom. The molecule has 0 saturated carbocycles. The van der Waals surface area contributed by atoms with Crippen molar-refractivity contribution in [2.45, 2.75) is 13.3 Å². The van der Waals surface area contributed by atoms with Gasteiger partial charge in [-0.05, 0) is 65.7 Å². The summed E-state index contributed by atoms with van der Waals surface area (Å²) in [6.45, 7) is 2.93. The van der Waals surface area contributed by atoms with E-state index in [1.54, 1.807) is 17.4 Å². The molecule has 0 unspecified atom stereocenters. The van der Waals surface area contributed by atoms with E-state index in [9.17, 15) is 4.79 Å².